The van der Waals surface area contributed by atoms with Crippen molar-refractivity contribution in [1.29, 1.82) is 0 Å². The van der Waals surface area contributed by atoms with Crippen molar-refractivity contribution < 1.29 is 8.42 Å². The van der Waals surface area contributed by atoms with Crippen molar-refractivity contribution in [3.05, 3.63) is 18.0 Å². The Bertz CT molecular complexity index is 513. The number of likely N-dealkylation sites (N-methyl/N-ethyl adjacent to an activating group) is 1. The van der Waals surface area contributed by atoms with Crippen LogP contribution in [0.1, 0.15) is 26.0 Å². The Labute approximate surface area is 128 Å². The lowest BCUT2D eigenvalue weighted by Gasteiger charge is -2.23. The van der Waals surface area contributed by atoms with Gasteiger partial charge in [-0.05, 0) is 39.5 Å². The van der Waals surface area contributed by atoms with E-state index in [0.29, 0.717) is 23.9 Å². The molecule has 0 saturated carbocycles. The molecule has 0 amide bonds. The van der Waals surface area contributed by atoms with Gasteiger partial charge in [0.2, 0.25) is 10.0 Å². The average molecular weight is 316 g/mol. The van der Waals surface area contributed by atoms with Gasteiger partial charge in [0.15, 0.2) is 0 Å². The van der Waals surface area contributed by atoms with E-state index in [-0.39, 0.29) is 6.04 Å². The number of aromatic nitrogens is 1. The molecule has 0 aromatic carbocycles. The number of nitrogens with one attached hydrogen (secondary N) is 3. The summed E-state index contributed by atoms with van der Waals surface area (Å²) in [6.07, 6.45) is 2.35. The van der Waals surface area contributed by atoms with Crippen LogP contribution in [0.2, 0.25) is 0 Å². The highest BCUT2D eigenvalue weighted by molar-refractivity contribution is 7.89. The first-order valence-corrected chi connectivity index (χ1v) is 8.72. The van der Waals surface area contributed by atoms with Gasteiger partial charge in [-0.15, -0.1) is 0 Å². The zero-order valence-corrected chi connectivity index (χ0v) is 14.4. The second-order valence-electron chi connectivity index (χ2n) is 6.10. The highest BCUT2D eigenvalue weighted by atomic mass is 32.2. The molecule has 6 nitrogen and oxygen atoms in total. The highest BCUT2D eigenvalue weighted by Crippen LogP contribution is 2.14. The Morgan fingerprint density at radius 3 is 2.52 bits per heavy atom. The maximum absolute atomic E-state index is 12.5. The lowest BCUT2D eigenvalue weighted by atomic mass is 10.0. The van der Waals surface area contributed by atoms with Gasteiger partial charge in [0.05, 0.1) is 4.90 Å². The number of hydrogen-bond donors (Lipinski definition) is 3. The van der Waals surface area contributed by atoms with E-state index in [2.05, 4.69) is 28.9 Å². The minimum Gasteiger partial charge on any atom is -0.363 e. The SMILES string of the molecule is CNCc1cc(S(=O)(=O)NC(CC(C)C)CN(C)C)c[nH]1. The summed E-state index contributed by atoms with van der Waals surface area (Å²) in [4.78, 5) is 5.27. The predicted molar refractivity (Wildman–Crippen MR) is 85.7 cm³/mol. The van der Waals surface area contributed by atoms with Crippen LogP contribution >= 0.6 is 0 Å². The van der Waals surface area contributed by atoms with Crippen LogP contribution in [0.5, 0.6) is 0 Å². The van der Waals surface area contributed by atoms with Crippen LogP contribution < -0.4 is 10.0 Å². The lowest BCUT2D eigenvalue weighted by Crippen LogP contribution is -2.42. The Morgan fingerprint density at radius 1 is 1.33 bits per heavy atom. The maximum Gasteiger partial charge on any atom is 0.242 e. The summed E-state index contributed by atoms with van der Waals surface area (Å²) < 4.78 is 27.7. The molecule has 7 heteroatoms. The number of rotatable bonds is 9. The van der Waals surface area contributed by atoms with Crippen molar-refractivity contribution >= 4 is 10.0 Å². The predicted octanol–water partition coefficient (Wildman–Crippen LogP) is 0.989. The Morgan fingerprint density at radius 2 is 2.00 bits per heavy atom. The fourth-order valence-corrected chi connectivity index (χ4v) is 3.58. The van der Waals surface area contributed by atoms with Crippen molar-refractivity contribution in [1.82, 2.24) is 19.9 Å². The number of sulfonamides is 1. The first-order chi connectivity index (χ1) is 9.74. The molecule has 1 rings (SSSR count). The summed E-state index contributed by atoms with van der Waals surface area (Å²) in [7, 11) is 2.23. The van der Waals surface area contributed by atoms with E-state index < -0.39 is 10.0 Å². The lowest BCUT2D eigenvalue weighted by molar-refractivity contribution is 0.329. The molecule has 0 fully saturated rings. The third kappa shape index (κ3) is 6.17. The van der Waals surface area contributed by atoms with Crippen molar-refractivity contribution in [2.75, 3.05) is 27.7 Å². The maximum atomic E-state index is 12.5. The van der Waals surface area contributed by atoms with Gasteiger partial charge in [-0.3, -0.25) is 0 Å². The molecule has 0 aliphatic rings. The number of nitrogens with zero attached hydrogens (tertiary/aromatic N) is 1. The summed E-state index contributed by atoms with van der Waals surface area (Å²) in [5.74, 6) is 0.434. The van der Waals surface area contributed by atoms with Gasteiger partial charge in [-0.2, -0.15) is 0 Å². The van der Waals surface area contributed by atoms with E-state index >= 15 is 0 Å². The topological polar surface area (TPSA) is 77.2 Å². The van der Waals surface area contributed by atoms with Crippen LogP contribution in [-0.2, 0) is 16.6 Å². The standard InChI is InChI=1S/C14H28N4O2S/c1-11(2)6-13(10-18(4)5)17-21(19,20)14-7-12(8-15-3)16-9-14/h7,9,11,13,15-17H,6,8,10H2,1-5H3. The van der Waals surface area contributed by atoms with Crippen molar-refractivity contribution in [2.45, 2.75) is 37.8 Å². The second-order valence-corrected chi connectivity index (χ2v) is 7.81. The molecule has 0 aliphatic carbocycles. The van der Waals surface area contributed by atoms with Gasteiger partial charge < -0.3 is 15.2 Å². The Hall–Kier alpha value is -0.890. The van der Waals surface area contributed by atoms with Gasteiger partial charge in [-0.25, -0.2) is 13.1 Å². The van der Waals surface area contributed by atoms with Gasteiger partial charge in [-0.1, -0.05) is 13.8 Å². The fourth-order valence-electron chi connectivity index (χ4n) is 2.32. The largest absolute Gasteiger partial charge is 0.363 e. The van der Waals surface area contributed by atoms with Crippen molar-refractivity contribution in [2.24, 2.45) is 5.92 Å². The van der Waals surface area contributed by atoms with Crippen molar-refractivity contribution in [3.8, 4) is 0 Å². The molecule has 1 atom stereocenters. The molecule has 1 aromatic rings. The molecule has 21 heavy (non-hydrogen) atoms. The van der Waals surface area contributed by atoms with Gasteiger partial charge in [0.25, 0.3) is 0 Å². The monoisotopic (exact) mass is 316 g/mol. The minimum absolute atomic E-state index is 0.0901. The third-order valence-corrected chi connectivity index (χ3v) is 4.56. The molecule has 0 aliphatic heterocycles. The molecule has 3 N–H and O–H groups in total. The van der Waals surface area contributed by atoms with Crippen LogP contribution in [0.3, 0.4) is 0 Å². The molecule has 1 heterocycles. The molecule has 122 valence electrons. The second kappa shape index (κ2) is 7.93. The smallest absolute Gasteiger partial charge is 0.242 e. The Balaban J connectivity index is 2.83. The molecular formula is C14H28N4O2S. The van der Waals surface area contributed by atoms with Gasteiger partial charge in [0, 0.05) is 31.0 Å². The summed E-state index contributed by atoms with van der Waals surface area (Å²) in [5.41, 5.74) is 0.853. The van der Waals surface area contributed by atoms with E-state index in [1.165, 1.54) is 6.20 Å². The highest BCUT2D eigenvalue weighted by Gasteiger charge is 2.22. The molecular weight excluding hydrogens is 288 g/mol. The van der Waals surface area contributed by atoms with Crippen LogP contribution in [-0.4, -0.2) is 52.0 Å². The summed E-state index contributed by atoms with van der Waals surface area (Å²) >= 11 is 0. The molecule has 1 unspecified atom stereocenters. The first kappa shape index (κ1) is 18.2. The van der Waals surface area contributed by atoms with Crippen LogP contribution in [0.25, 0.3) is 0 Å². The van der Waals surface area contributed by atoms with Crippen LogP contribution in [0, 0.1) is 5.92 Å². The quantitative estimate of drug-likeness (QED) is 0.635. The number of aromatic amines is 1. The van der Waals surface area contributed by atoms with Crippen LogP contribution in [0.15, 0.2) is 17.2 Å². The van der Waals surface area contributed by atoms with E-state index in [9.17, 15) is 8.42 Å². The minimum atomic E-state index is -3.48. The van der Waals surface area contributed by atoms with E-state index in [4.69, 9.17) is 0 Å². The zero-order chi connectivity index (χ0) is 16.0. The molecule has 1 aromatic heterocycles. The number of hydrogen-bond acceptors (Lipinski definition) is 4. The molecule has 0 bridgehead atoms. The normalized spacial score (nSPS) is 14.0. The van der Waals surface area contributed by atoms with E-state index in [1.54, 1.807) is 6.07 Å². The van der Waals surface area contributed by atoms with Gasteiger partial charge in [0.1, 0.15) is 0 Å². The summed E-state index contributed by atoms with van der Waals surface area (Å²) in [5, 5.41) is 2.99. The molecule has 0 saturated heterocycles. The number of H-pyrrole nitrogens is 1. The first-order valence-electron chi connectivity index (χ1n) is 7.23. The van der Waals surface area contributed by atoms with Gasteiger partial charge >= 0.3 is 0 Å². The van der Waals surface area contributed by atoms with Crippen molar-refractivity contribution in [3.63, 3.8) is 0 Å². The molecule has 0 radical (unpaired) electrons. The zero-order valence-electron chi connectivity index (χ0n) is 13.6. The van der Waals surface area contributed by atoms with E-state index in [1.807, 2.05) is 26.0 Å². The average Bonchev–Trinajstić information content (AvgIpc) is 2.76. The summed E-state index contributed by atoms with van der Waals surface area (Å²) in [6, 6.07) is 1.58. The summed E-state index contributed by atoms with van der Waals surface area (Å²) in [6.45, 7) is 5.49. The Kier molecular flexibility index (Phi) is 6.86. The van der Waals surface area contributed by atoms with Crippen LogP contribution in [0.4, 0.5) is 0 Å². The van der Waals surface area contributed by atoms with E-state index in [0.717, 1.165) is 12.1 Å². The third-order valence-electron chi connectivity index (χ3n) is 3.06. The fraction of sp³-hybridized carbons (Fsp3) is 0.714. The molecule has 0 spiro atoms.